The van der Waals surface area contributed by atoms with Gasteiger partial charge in [-0.05, 0) is 29.8 Å². The van der Waals surface area contributed by atoms with Crippen LogP contribution in [0.15, 0.2) is 64.4 Å². The van der Waals surface area contributed by atoms with E-state index in [9.17, 15) is 19.7 Å². The summed E-state index contributed by atoms with van der Waals surface area (Å²) in [4.78, 5) is 38.4. The van der Waals surface area contributed by atoms with Crippen LogP contribution in [0.4, 0.5) is 5.69 Å². The maximum absolute atomic E-state index is 12.9. The van der Waals surface area contributed by atoms with Crippen molar-refractivity contribution in [3.05, 3.63) is 75.2 Å². The predicted molar refractivity (Wildman–Crippen MR) is 101 cm³/mol. The van der Waals surface area contributed by atoms with Gasteiger partial charge in [0.25, 0.3) is 17.5 Å². The third-order valence-corrected chi connectivity index (χ3v) is 5.07. The number of hydrogen-bond acceptors (Lipinski definition) is 6. The quantitative estimate of drug-likeness (QED) is 0.414. The summed E-state index contributed by atoms with van der Waals surface area (Å²) in [6, 6.07) is 14.9. The van der Waals surface area contributed by atoms with E-state index in [-0.39, 0.29) is 30.3 Å². The first-order valence-electron chi connectivity index (χ1n) is 8.10. The largest absolute Gasteiger partial charge is 0.383 e. The van der Waals surface area contributed by atoms with E-state index in [0.29, 0.717) is 10.5 Å². The Hall–Kier alpha value is -2.97. The topological polar surface area (TPSA) is 89.8 Å². The lowest BCUT2D eigenvalue weighted by Gasteiger charge is -2.14. The highest BCUT2D eigenvalue weighted by Gasteiger charge is 2.39. The average molecular weight is 384 g/mol. The number of rotatable bonds is 7. The molecule has 0 bridgehead atoms. The lowest BCUT2D eigenvalue weighted by Crippen LogP contribution is -2.34. The van der Waals surface area contributed by atoms with E-state index < -0.39 is 10.8 Å². The van der Waals surface area contributed by atoms with Crippen molar-refractivity contribution in [3.8, 4) is 0 Å². The van der Waals surface area contributed by atoms with Gasteiger partial charge in [-0.2, -0.15) is 0 Å². The van der Waals surface area contributed by atoms with Crippen molar-refractivity contribution in [2.45, 2.75) is 4.90 Å². The number of carbonyl (C=O) groups excluding carboxylic acids is 2. The third-order valence-electron chi connectivity index (χ3n) is 3.97. The summed E-state index contributed by atoms with van der Waals surface area (Å²) in [6.45, 7) is 0.373. The van der Waals surface area contributed by atoms with Gasteiger partial charge in [-0.25, -0.2) is 0 Å². The summed E-state index contributed by atoms with van der Waals surface area (Å²) in [5.41, 5.74) is 0.641. The Bertz CT molecular complexity index is 909. The van der Waals surface area contributed by atoms with Crippen LogP contribution in [-0.2, 0) is 14.3 Å². The van der Waals surface area contributed by atoms with Gasteiger partial charge in [-0.15, -0.1) is 0 Å². The van der Waals surface area contributed by atoms with Crippen LogP contribution in [0.25, 0.3) is 5.57 Å². The van der Waals surface area contributed by atoms with Crippen LogP contribution in [0.2, 0.25) is 0 Å². The first-order valence-corrected chi connectivity index (χ1v) is 8.91. The Morgan fingerprint density at radius 2 is 1.70 bits per heavy atom. The second-order valence-corrected chi connectivity index (χ2v) is 6.76. The maximum atomic E-state index is 12.9. The molecule has 0 saturated carbocycles. The molecule has 2 aromatic carbocycles. The molecule has 3 rings (SSSR count). The maximum Gasteiger partial charge on any atom is 0.269 e. The number of nitro benzene ring substituents is 1. The van der Waals surface area contributed by atoms with Gasteiger partial charge in [0.2, 0.25) is 0 Å². The smallest absolute Gasteiger partial charge is 0.269 e. The molecule has 0 radical (unpaired) electrons. The molecule has 0 aliphatic carbocycles. The fraction of sp³-hybridized carbons (Fsp3) is 0.158. The zero-order chi connectivity index (χ0) is 19.4. The zero-order valence-electron chi connectivity index (χ0n) is 14.5. The molecule has 2 aromatic rings. The Balaban J connectivity index is 2.02. The molecule has 0 atom stereocenters. The second-order valence-electron chi connectivity index (χ2n) is 5.68. The van der Waals surface area contributed by atoms with E-state index in [1.54, 1.807) is 0 Å². The monoisotopic (exact) mass is 384 g/mol. The van der Waals surface area contributed by atoms with Gasteiger partial charge in [0.15, 0.2) is 0 Å². The minimum atomic E-state index is -0.510. The molecule has 0 aromatic heterocycles. The molecule has 27 heavy (non-hydrogen) atoms. The molecular formula is C19H16N2O5S. The summed E-state index contributed by atoms with van der Waals surface area (Å²) in [5, 5.41) is 10.9. The van der Waals surface area contributed by atoms with Crippen LogP contribution < -0.4 is 0 Å². The van der Waals surface area contributed by atoms with Crippen LogP contribution in [0.5, 0.6) is 0 Å². The molecule has 0 unspecified atom stereocenters. The molecule has 1 aliphatic rings. The first kappa shape index (κ1) is 18.8. The van der Waals surface area contributed by atoms with E-state index in [2.05, 4.69) is 0 Å². The van der Waals surface area contributed by atoms with Gasteiger partial charge in [0.1, 0.15) is 0 Å². The van der Waals surface area contributed by atoms with Gasteiger partial charge in [0, 0.05) is 24.1 Å². The van der Waals surface area contributed by atoms with Crippen LogP contribution in [0.3, 0.4) is 0 Å². The van der Waals surface area contributed by atoms with Crippen molar-refractivity contribution in [1.29, 1.82) is 0 Å². The van der Waals surface area contributed by atoms with Crippen molar-refractivity contribution < 1.29 is 19.2 Å². The molecule has 0 spiro atoms. The molecule has 8 heteroatoms. The lowest BCUT2D eigenvalue weighted by molar-refractivity contribution is -0.384. The summed E-state index contributed by atoms with van der Waals surface area (Å²) in [6.07, 6.45) is 0. The Labute approximate surface area is 159 Å². The van der Waals surface area contributed by atoms with Crippen LogP contribution in [-0.4, -0.2) is 41.9 Å². The van der Waals surface area contributed by atoms with Crippen molar-refractivity contribution in [2.75, 3.05) is 20.3 Å². The number of thioether (sulfide) groups is 1. The standard InChI is InChI=1S/C19H16N2O5S/c1-26-12-11-20-18(22)16(13-7-9-14(10-8-13)21(24)25)17(19(20)23)27-15-5-3-2-4-6-15/h2-10H,11-12H2,1H3. The number of ether oxygens (including phenoxy) is 1. The normalized spacial score (nSPS) is 14.2. The minimum absolute atomic E-state index is 0.0791. The number of imide groups is 1. The molecule has 1 aliphatic heterocycles. The van der Waals surface area contributed by atoms with E-state index in [1.165, 1.54) is 43.1 Å². The average Bonchev–Trinajstić information content (AvgIpc) is 2.91. The molecule has 7 nitrogen and oxygen atoms in total. The molecule has 2 amide bonds. The molecule has 0 fully saturated rings. The summed E-state index contributed by atoms with van der Waals surface area (Å²) < 4.78 is 4.99. The number of carbonyl (C=O) groups is 2. The summed E-state index contributed by atoms with van der Waals surface area (Å²) in [5.74, 6) is -0.816. The number of benzene rings is 2. The Morgan fingerprint density at radius 1 is 1.04 bits per heavy atom. The zero-order valence-corrected chi connectivity index (χ0v) is 15.3. The van der Waals surface area contributed by atoms with Gasteiger partial charge >= 0.3 is 0 Å². The summed E-state index contributed by atoms with van der Waals surface area (Å²) >= 11 is 1.21. The molecular weight excluding hydrogens is 368 g/mol. The SMILES string of the molecule is COCCN1C(=O)C(Sc2ccccc2)=C(c2ccc([N+](=O)[O-])cc2)C1=O. The van der Waals surface area contributed by atoms with E-state index in [4.69, 9.17) is 4.74 Å². The highest BCUT2D eigenvalue weighted by atomic mass is 32.2. The van der Waals surface area contributed by atoms with Gasteiger partial charge in [0.05, 0.1) is 28.6 Å². The molecule has 0 saturated heterocycles. The Morgan fingerprint density at radius 3 is 2.30 bits per heavy atom. The highest BCUT2D eigenvalue weighted by molar-refractivity contribution is 8.04. The number of methoxy groups -OCH3 is 1. The minimum Gasteiger partial charge on any atom is -0.383 e. The summed E-state index contributed by atoms with van der Waals surface area (Å²) in [7, 11) is 1.50. The van der Waals surface area contributed by atoms with Gasteiger partial charge in [-0.3, -0.25) is 24.6 Å². The fourth-order valence-electron chi connectivity index (χ4n) is 2.64. The van der Waals surface area contributed by atoms with Crippen LogP contribution in [0.1, 0.15) is 5.56 Å². The number of hydrogen-bond donors (Lipinski definition) is 0. The second kappa shape index (κ2) is 8.15. The number of nitro groups is 1. The highest BCUT2D eigenvalue weighted by Crippen LogP contribution is 2.39. The van der Waals surface area contributed by atoms with E-state index in [1.807, 2.05) is 30.3 Å². The van der Waals surface area contributed by atoms with Crippen LogP contribution >= 0.6 is 11.8 Å². The van der Waals surface area contributed by atoms with Crippen molar-refractivity contribution in [3.63, 3.8) is 0 Å². The van der Waals surface area contributed by atoms with Crippen molar-refractivity contribution in [2.24, 2.45) is 0 Å². The predicted octanol–water partition coefficient (Wildman–Crippen LogP) is 3.11. The third kappa shape index (κ3) is 3.91. The Kier molecular flexibility index (Phi) is 5.68. The number of non-ortho nitro benzene ring substituents is 1. The van der Waals surface area contributed by atoms with Crippen molar-refractivity contribution >= 4 is 34.8 Å². The van der Waals surface area contributed by atoms with Crippen molar-refractivity contribution in [1.82, 2.24) is 4.90 Å². The lowest BCUT2D eigenvalue weighted by atomic mass is 10.1. The molecule has 1 heterocycles. The number of amides is 2. The van der Waals surface area contributed by atoms with Gasteiger partial charge in [-0.1, -0.05) is 30.0 Å². The first-order chi connectivity index (χ1) is 13.0. The fourth-order valence-corrected chi connectivity index (χ4v) is 3.68. The van der Waals surface area contributed by atoms with Gasteiger partial charge < -0.3 is 4.74 Å². The molecule has 138 valence electrons. The van der Waals surface area contributed by atoms with E-state index >= 15 is 0 Å². The van der Waals surface area contributed by atoms with E-state index in [0.717, 1.165) is 9.80 Å². The van der Waals surface area contributed by atoms with Crippen LogP contribution in [0, 0.1) is 10.1 Å². The number of nitrogens with zero attached hydrogens (tertiary/aromatic N) is 2. The molecule has 0 N–H and O–H groups in total.